The molecule has 2 nitrogen and oxygen atoms in total. The summed E-state index contributed by atoms with van der Waals surface area (Å²) in [7, 11) is 0. The van der Waals surface area contributed by atoms with Crippen molar-refractivity contribution < 1.29 is 4.39 Å². The molecule has 1 fully saturated rings. The molecule has 0 unspecified atom stereocenters. The Bertz CT molecular complexity index is 548. The number of imidazole rings is 1. The van der Waals surface area contributed by atoms with E-state index in [9.17, 15) is 4.39 Å². The van der Waals surface area contributed by atoms with Crippen molar-refractivity contribution in [2.45, 2.75) is 18.9 Å². The molecule has 1 aliphatic carbocycles. The topological polar surface area (TPSA) is 17.8 Å². The Hall–Kier alpha value is -0.610. The van der Waals surface area contributed by atoms with Gasteiger partial charge in [-0.15, -0.1) is 0 Å². The van der Waals surface area contributed by atoms with E-state index in [0.29, 0.717) is 22.4 Å². The number of aromatic nitrogens is 2. The Morgan fingerprint density at radius 1 is 1.47 bits per heavy atom. The second-order valence-corrected chi connectivity index (χ2v) is 4.90. The third-order valence-corrected chi connectivity index (χ3v) is 3.52. The average Bonchev–Trinajstić information content (AvgIpc) is 2.96. The van der Waals surface area contributed by atoms with Gasteiger partial charge in [-0.3, -0.25) is 0 Å². The quantitative estimate of drug-likeness (QED) is 0.778. The molecule has 5 heteroatoms. The minimum atomic E-state index is -0.264. The molecule has 0 bridgehead atoms. The molecule has 2 aromatic rings. The molecule has 3 rings (SSSR count). The first-order valence-corrected chi connectivity index (χ1v) is 5.87. The van der Waals surface area contributed by atoms with Crippen molar-refractivity contribution in [1.82, 2.24) is 9.55 Å². The smallest absolute Gasteiger partial charge is 0.204 e. The van der Waals surface area contributed by atoms with Crippen LogP contribution in [-0.4, -0.2) is 9.55 Å². The maximum Gasteiger partial charge on any atom is 0.204 e. The van der Waals surface area contributed by atoms with E-state index in [1.807, 2.05) is 0 Å². The number of rotatable bonds is 1. The van der Waals surface area contributed by atoms with E-state index in [1.54, 1.807) is 10.6 Å². The Morgan fingerprint density at radius 2 is 2.20 bits per heavy atom. The Kier molecular flexibility index (Phi) is 2.04. The molecule has 1 heterocycles. The predicted octanol–water partition coefficient (Wildman–Crippen LogP) is 3.93. The van der Waals surface area contributed by atoms with Crippen LogP contribution in [0.4, 0.5) is 4.39 Å². The lowest BCUT2D eigenvalue weighted by Gasteiger charge is -2.03. The van der Waals surface area contributed by atoms with Crippen LogP contribution >= 0.6 is 27.5 Å². The summed E-state index contributed by atoms with van der Waals surface area (Å²) in [6.07, 6.45) is 2.11. The molecule has 0 atom stereocenters. The van der Waals surface area contributed by atoms with Crippen molar-refractivity contribution in [2.75, 3.05) is 0 Å². The first kappa shape index (κ1) is 9.60. The number of halogens is 3. The van der Waals surface area contributed by atoms with Crippen LogP contribution in [0.25, 0.3) is 11.0 Å². The van der Waals surface area contributed by atoms with E-state index >= 15 is 0 Å². The number of hydrogen-bond acceptors (Lipinski definition) is 1. The highest BCUT2D eigenvalue weighted by Gasteiger charge is 2.29. The van der Waals surface area contributed by atoms with E-state index < -0.39 is 0 Å². The lowest BCUT2D eigenvalue weighted by molar-refractivity contribution is 0.624. The van der Waals surface area contributed by atoms with Gasteiger partial charge in [0, 0.05) is 10.5 Å². The summed E-state index contributed by atoms with van der Waals surface area (Å²) in [5, 5.41) is 0.373. The van der Waals surface area contributed by atoms with Gasteiger partial charge >= 0.3 is 0 Å². The van der Waals surface area contributed by atoms with E-state index in [2.05, 4.69) is 20.9 Å². The summed E-state index contributed by atoms with van der Waals surface area (Å²) in [6.45, 7) is 0. The van der Waals surface area contributed by atoms with Crippen LogP contribution in [0, 0.1) is 5.82 Å². The fraction of sp³-hybridized carbons (Fsp3) is 0.300. The van der Waals surface area contributed by atoms with Crippen LogP contribution in [0.3, 0.4) is 0 Å². The molecular formula is C10H7BrClFN2. The predicted molar refractivity (Wildman–Crippen MR) is 60.7 cm³/mol. The van der Waals surface area contributed by atoms with Gasteiger partial charge in [0.05, 0.1) is 0 Å². The average molecular weight is 290 g/mol. The lowest BCUT2D eigenvalue weighted by Crippen LogP contribution is -1.95. The molecule has 15 heavy (non-hydrogen) atoms. The maximum absolute atomic E-state index is 13.7. The van der Waals surface area contributed by atoms with Crippen LogP contribution < -0.4 is 0 Å². The summed E-state index contributed by atoms with van der Waals surface area (Å²) < 4.78 is 16.3. The molecule has 1 aromatic carbocycles. The first-order valence-electron chi connectivity index (χ1n) is 4.70. The van der Waals surface area contributed by atoms with Gasteiger partial charge in [-0.2, -0.15) is 0 Å². The normalized spacial score (nSPS) is 16.2. The van der Waals surface area contributed by atoms with Gasteiger partial charge < -0.3 is 4.57 Å². The van der Waals surface area contributed by atoms with Crippen LogP contribution in [0.2, 0.25) is 5.28 Å². The standard InChI is InChI=1S/C10H7BrClFN2/c11-6-3-4-7(13)9-8(6)14-10(12)15(9)5-1-2-5/h3-5H,1-2H2. The second kappa shape index (κ2) is 3.19. The largest absolute Gasteiger partial charge is 0.309 e. The maximum atomic E-state index is 13.7. The van der Waals surface area contributed by atoms with Gasteiger partial charge in [-0.1, -0.05) is 0 Å². The summed E-state index contributed by atoms with van der Waals surface area (Å²) in [5.41, 5.74) is 1.11. The van der Waals surface area contributed by atoms with E-state index in [-0.39, 0.29) is 5.82 Å². The van der Waals surface area contributed by atoms with Crippen LogP contribution in [-0.2, 0) is 0 Å². The highest BCUT2D eigenvalue weighted by Crippen LogP contribution is 2.41. The SMILES string of the molecule is Fc1ccc(Br)c2nc(Cl)n(C3CC3)c12. The van der Waals surface area contributed by atoms with Crippen molar-refractivity contribution in [3.05, 3.63) is 27.7 Å². The molecule has 0 aliphatic heterocycles. The molecule has 0 amide bonds. The fourth-order valence-corrected chi connectivity index (χ4v) is 2.49. The van der Waals surface area contributed by atoms with Crippen LogP contribution in [0.15, 0.2) is 16.6 Å². The van der Waals surface area contributed by atoms with Gasteiger partial charge in [0.25, 0.3) is 0 Å². The molecule has 78 valence electrons. The Balaban J connectivity index is 2.42. The third-order valence-electron chi connectivity index (χ3n) is 2.61. The van der Waals surface area contributed by atoms with E-state index in [1.165, 1.54) is 6.07 Å². The molecule has 0 spiro atoms. The van der Waals surface area contributed by atoms with Gasteiger partial charge in [0.1, 0.15) is 16.9 Å². The number of hydrogen-bond donors (Lipinski definition) is 0. The molecular weight excluding hydrogens is 282 g/mol. The zero-order chi connectivity index (χ0) is 10.6. The number of fused-ring (bicyclic) bond motifs is 1. The molecule has 0 radical (unpaired) electrons. The Morgan fingerprint density at radius 3 is 2.87 bits per heavy atom. The lowest BCUT2D eigenvalue weighted by atomic mass is 10.3. The van der Waals surface area contributed by atoms with Gasteiger partial charge in [-0.25, -0.2) is 9.37 Å². The fourth-order valence-electron chi connectivity index (χ4n) is 1.77. The summed E-state index contributed by atoms with van der Waals surface area (Å²) in [5.74, 6) is -0.264. The Labute approximate surface area is 99.2 Å². The molecule has 1 saturated carbocycles. The number of nitrogens with zero attached hydrogens (tertiary/aromatic N) is 2. The summed E-state index contributed by atoms with van der Waals surface area (Å²) >= 11 is 9.36. The first-order chi connectivity index (χ1) is 7.18. The molecule has 0 saturated heterocycles. The van der Waals surface area contributed by atoms with Crippen molar-refractivity contribution in [3.63, 3.8) is 0 Å². The summed E-state index contributed by atoms with van der Waals surface area (Å²) in [6, 6.07) is 3.41. The van der Waals surface area contributed by atoms with Gasteiger partial charge in [-0.05, 0) is 52.5 Å². The third kappa shape index (κ3) is 1.39. The van der Waals surface area contributed by atoms with Crippen LogP contribution in [0.5, 0.6) is 0 Å². The van der Waals surface area contributed by atoms with E-state index in [0.717, 1.165) is 17.3 Å². The summed E-state index contributed by atoms with van der Waals surface area (Å²) in [4.78, 5) is 4.18. The van der Waals surface area contributed by atoms with Crippen molar-refractivity contribution >= 4 is 38.6 Å². The van der Waals surface area contributed by atoms with Crippen molar-refractivity contribution in [1.29, 1.82) is 0 Å². The molecule has 1 aliphatic rings. The highest BCUT2D eigenvalue weighted by molar-refractivity contribution is 9.10. The zero-order valence-corrected chi connectivity index (χ0v) is 10.0. The van der Waals surface area contributed by atoms with Crippen molar-refractivity contribution in [3.8, 4) is 0 Å². The van der Waals surface area contributed by atoms with Crippen molar-refractivity contribution in [2.24, 2.45) is 0 Å². The zero-order valence-electron chi connectivity index (χ0n) is 7.67. The highest BCUT2D eigenvalue weighted by atomic mass is 79.9. The van der Waals surface area contributed by atoms with Gasteiger partial charge in [0.15, 0.2) is 0 Å². The molecule has 1 aromatic heterocycles. The molecule has 0 N–H and O–H groups in total. The minimum absolute atomic E-state index is 0.264. The number of benzene rings is 1. The minimum Gasteiger partial charge on any atom is -0.309 e. The van der Waals surface area contributed by atoms with Crippen LogP contribution in [0.1, 0.15) is 18.9 Å². The second-order valence-electron chi connectivity index (χ2n) is 3.71. The van der Waals surface area contributed by atoms with Gasteiger partial charge in [0.2, 0.25) is 5.28 Å². The van der Waals surface area contributed by atoms with E-state index in [4.69, 9.17) is 11.6 Å². The monoisotopic (exact) mass is 288 g/mol.